The highest BCUT2D eigenvalue weighted by atomic mass is 32.2. The Bertz CT molecular complexity index is 1280. The number of halogens is 3. The lowest BCUT2D eigenvalue weighted by Gasteiger charge is -2.16. The van der Waals surface area contributed by atoms with Gasteiger partial charge >= 0.3 is 6.36 Å². The highest BCUT2D eigenvalue weighted by Gasteiger charge is 2.31. The second kappa shape index (κ2) is 9.96. The first-order valence-corrected chi connectivity index (χ1v) is 12.1. The number of benzene rings is 2. The second-order valence-electron chi connectivity index (χ2n) is 7.91. The monoisotopic (exact) mass is 509 g/mol. The Labute approximate surface area is 199 Å². The molecule has 4 N–H and O–H groups in total. The molecule has 1 aliphatic carbocycles. The molecule has 3 aromatic rings. The first-order chi connectivity index (χ1) is 16.5. The fourth-order valence-electron chi connectivity index (χ4n) is 3.68. The summed E-state index contributed by atoms with van der Waals surface area (Å²) in [4.78, 5) is 8.66. The van der Waals surface area contributed by atoms with Crippen molar-refractivity contribution in [2.45, 2.75) is 43.0 Å². The third kappa shape index (κ3) is 6.96. The van der Waals surface area contributed by atoms with Crippen LogP contribution in [0.25, 0.3) is 11.3 Å². The molecule has 1 saturated carbocycles. The molecular formula is C22H22F3N5O4S. The summed E-state index contributed by atoms with van der Waals surface area (Å²) in [6, 6.07) is 12.6. The standard InChI is InChI=1S/C22H22F3N5O4S/c23-22(24,25)34-17-7-3-4-14(12-17)19-13-20(28-21(27-19)26-15-5-1-2-6-15)30-29-16-8-10-18(11-9-16)35(31,32)33/h3-4,7-13,15,29H,1-2,5-6H2,(H,31,32,33)(H2,26,27,28,30). The lowest BCUT2D eigenvalue weighted by atomic mass is 10.1. The largest absolute Gasteiger partial charge is 0.573 e. The number of nitrogens with one attached hydrogen (secondary N) is 3. The minimum Gasteiger partial charge on any atom is -0.406 e. The van der Waals surface area contributed by atoms with Crippen molar-refractivity contribution in [3.63, 3.8) is 0 Å². The summed E-state index contributed by atoms with van der Waals surface area (Å²) >= 11 is 0. The van der Waals surface area contributed by atoms with E-state index in [1.54, 1.807) is 12.1 Å². The van der Waals surface area contributed by atoms with Gasteiger partial charge in [-0.25, -0.2) is 4.98 Å². The van der Waals surface area contributed by atoms with E-state index in [4.69, 9.17) is 4.55 Å². The maximum atomic E-state index is 12.7. The van der Waals surface area contributed by atoms with Crippen molar-refractivity contribution in [1.82, 2.24) is 9.97 Å². The molecule has 2 aromatic carbocycles. The normalized spacial score (nSPS) is 14.5. The van der Waals surface area contributed by atoms with Crippen LogP contribution in [0.15, 0.2) is 59.5 Å². The number of hydrogen-bond acceptors (Lipinski definition) is 8. The van der Waals surface area contributed by atoms with Crippen LogP contribution in [0, 0.1) is 0 Å². The molecule has 0 bridgehead atoms. The lowest BCUT2D eigenvalue weighted by molar-refractivity contribution is -0.274. The fourth-order valence-corrected chi connectivity index (χ4v) is 4.16. The molecule has 0 radical (unpaired) electrons. The Balaban J connectivity index is 1.59. The summed E-state index contributed by atoms with van der Waals surface area (Å²) in [6.45, 7) is 0. The fraction of sp³-hybridized carbons (Fsp3) is 0.273. The van der Waals surface area contributed by atoms with E-state index in [2.05, 4.69) is 30.9 Å². The van der Waals surface area contributed by atoms with Crippen molar-refractivity contribution in [3.05, 3.63) is 54.6 Å². The molecule has 9 nitrogen and oxygen atoms in total. The van der Waals surface area contributed by atoms with Crippen molar-refractivity contribution < 1.29 is 30.9 Å². The Morgan fingerprint density at radius 1 is 0.971 bits per heavy atom. The molecule has 1 heterocycles. The van der Waals surface area contributed by atoms with E-state index in [1.165, 1.54) is 42.5 Å². The zero-order valence-corrected chi connectivity index (χ0v) is 19.0. The number of hydrogen-bond donors (Lipinski definition) is 4. The van der Waals surface area contributed by atoms with Crippen LogP contribution in [0.3, 0.4) is 0 Å². The van der Waals surface area contributed by atoms with Crippen LogP contribution in [0.5, 0.6) is 5.75 Å². The molecule has 1 aliphatic rings. The van der Waals surface area contributed by atoms with Crippen molar-refractivity contribution in [3.8, 4) is 17.0 Å². The van der Waals surface area contributed by atoms with Crippen LogP contribution >= 0.6 is 0 Å². The van der Waals surface area contributed by atoms with Gasteiger partial charge in [0.15, 0.2) is 5.82 Å². The first kappa shape index (κ1) is 24.5. The number of nitrogens with zero attached hydrogens (tertiary/aromatic N) is 2. The van der Waals surface area contributed by atoms with Crippen LogP contribution in [0.1, 0.15) is 25.7 Å². The molecule has 0 amide bonds. The number of rotatable bonds is 8. The second-order valence-corrected chi connectivity index (χ2v) is 9.33. The SMILES string of the molecule is O=S(=O)(O)c1ccc(NNc2cc(-c3cccc(OC(F)(F)F)c3)nc(NC3CCCC3)n2)cc1. The van der Waals surface area contributed by atoms with Gasteiger partial charge in [0, 0.05) is 17.7 Å². The average molecular weight is 510 g/mol. The maximum absolute atomic E-state index is 12.7. The van der Waals surface area contributed by atoms with Gasteiger partial charge in [0.2, 0.25) is 5.95 Å². The Morgan fingerprint density at radius 3 is 2.34 bits per heavy atom. The van der Waals surface area contributed by atoms with Crippen LogP contribution in [0.2, 0.25) is 0 Å². The van der Waals surface area contributed by atoms with Crippen LogP contribution in [-0.2, 0) is 10.1 Å². The van der Waals surface area contributed by atoms with Gasteiger partial charge in [-0.05, 0) is 49.2 Å². The molecule has 0 aliphatic heterocycles. The molecule has 13 heteroatoms. The first-order valence-electron chi connectivity index (χ1n) is 10.7. The van der Waals surface area contributed by atoms with Crippen LogP contribution < -0.4 is 20.9 Å². The zero-order chi connectivity index (χ0) is 25.1. The van der Waals surface area contributed by atoms with Gasteiger partial charge in [0.1, 0.15) is 5.75 Å². The van der Waals surface area contributed by atoms with Gasteiger partial charge in [-0.2, -0.15) is 13.4 Å². The summed E-state index contributed by atoms with van der Waals surface area (Å²) in [6.07, 6.45) is -0.727. The van der Waals surface area contributed by atoms with Crippen LogP contribution in [0.4, 0.5) is 30.6 Å². The smallest absolute Gasteiger partial charge is 0.406 e. The van der Waals surface area contributed by atoms with Gasteiger partial charge in [0.05, 0.1) is 16.3 Å². The molecule has 0 unspecified atom stereocenters. The minimum absolute atomic E-state index is 0.193. The van der Waals surface area contributed by atoms with Crippen molar-refractivity contribution >= 4 is 27.6 Å². The number of alkyl halides is 3. The molecule has 0 spiro atoms. The van der Waals surface area contributed by atoms with Crippen molar-refractivity contribution in [1.29, 1.82) is 0 Å². The highest BCUT2D eigenvalue weighted by Crippen LogP contribution is 2.29. The molecule has 1 aromatic heterocycles. The number of hydrazine groups is 1. The van der Waals surface area contributed by atoms with Gasteiger partial charge in [-0.15, -0.1) is 13.2 Å². The zero-order valence-electron chi connectivity index (χ0n) is 18.2. The minimum atomic E-state index is -4.82. The van der Waals surface area contributed by atoms with E-state index in [9.17, 15) is 21.6 Å². The average Bonchev–Trinajstić information content (AvgIpc) is 3.29. The molecule has 0 atom stereocenters. The molecule has 35 heavy (non-hydrogen) atoms. The molecular weight excluding hydrogens is 487 g/mol. The summed E-state index contributed by atoms with van der Waals surface area (Å²) in [5.74, 6) is 0.254. The number of aromatic nitrogens is 2. The van der Waals surface area contributed by atoms with Gasteiger partial charge in [-0.1, -0.05) is 25.0 Å². The number of ether oxygens (including phenoxy) is 1. The molecule has 186 valence electrons. The predicted octanol–water partition coefficient (Wildman–Crippen LogP) is 5.08. The summed E-state index contributed by atoms with van der Waals surface area (Å²) in [5.41, 5.74) is 6.98. The maximum Gasteiger partial charge on any atom is 0.573 e. The summed E-state index contributed by atoms with van der Waals surface area (Å²) in [7, 11) is -4.31. The predicted molar refractivity (Wildman–Crippen MR) is 124 cm³/mol. The molecule has 1 fully saturated rings. The molecule has 4 rings (SSSR count). The summed E-state index contributed by atoms with van der Waals surface area (Å²) in [5, 5.41) is 3.27. The lowest BCUT2D eigenvalue weighted by Crippen LogP contribution is -2.18. The van der Waals surface area contributed by atoms with Gasteiger partial charge in [0.25, 0.3) is 10.1 Å². The third-order valence-corrected chi connectivity index (χ3v) is 6.13. The van der Waals surface area contributed by atoms with Gasteiger partial charge in [-0.3, -0.25) is 15.4 Å². The van der Waals surface area contributed by atoms with E-state index in [0.29, 0.717) is 28.7 Å². The molecule has 0 saturated heterocycles. The van der Waals surface area contributed by atoms with E-state index >= 15 is 0 Å². The summed E-state index contributed by atoms with van der Waals surface area (Å²) < 4.78 is 73.5. The third-order valence-electron chi connectivity index (χ3n) is 5.27. The topological polar surface area (TPSA) is 125 Å². The van der Waals surface area contributed by atoms with E-state index in [1.807, 2.05) is 0 Å². The van der Waals surface area contributed by atoms with E-state index in [-0.39, 0.29) is 16.7 Å². The quantitative estimate of drug-likeness (QED) is 0.243. The van der Waals surface area contributed by atoms with Crippen molar-refractivity contribution in [2.24, 2.45) is 0 Å². The number of anilines is 3. The van der Waals surface area contributed by atoms with E-state index < -0.39 is 16.5 Å². The van der Waals surface area contributed by atoms with Crippen LogP contribution in [-0.4, -0.2) is 35.3 Å². The Hall–Kier alpha value is -3.58. The van der Waals surface area contributed by atoms with E-state index in [0.717, 1.165) is 25.7 Å². The Kier molecular flexibility index (Phi) is 6.98. The Morgan fingerprint density at radius 2 is 1.69 bits per heavy atom. The van der Waals surface area contributed by atoms with Gasteiger partial charge < -0.3 is 10.1 Å². The highest BCUT2D eigenvalue weighted by molar-refractivity contribution is 7.85. The van der Waals surface area contributed by atoms with Crippen molar-refractivity contribution in [2.75, 3.05) is 16.2 Å².